The SMILES string of the molecule is CN=C(NCCNC(=O)c1ccco1)NC1CCN(C(=O)C2CCCCC2)C1. The van der Waals surface area contributed by atoms with Crippen LogP contribution in [0.2, 0.25) is 0 Å². The predicted molar refractivity (Wildman–Crippen MR) is 107 cm³/mol. The number of rotatable bonds is 6. The zero-order valence-corrected chi connectivity index (χ0v) is 16.6. The quantitative estimate of drug-likeness (QED) is 0.388. The highest BCUT2D eigenvalue weighted by Gasteiger charge is 2.31. The lowest BCUT2D eigenvalue weighted by molar-refractivity contribution is -0.135. The van der Waals surface area contributed by atoms with Crippen molar-refractivity contribution in [2.75, 3.05) is 33.2 Å². The molecule has 0 bridgehead atoms. The van der Waals surface area contributed by atoms with E-state index in [1.807, 2.05) is 4.90 Å². The first kappa shape index (κ1) is 20.2. The van der Waals surface area contributed by atoms with Crippen LogP contribution in [0, 0.1) is 5.92 Å². The Morgan fingerprint density at radius 3 is 2.68 bits per heavy atom. The molecule has 1 unspecified atom stereocenters. The standard InChI is InChI=1S/C20H31N5O3/c1-21-20(23-11-10-22-18(26)17-8-5-13-28-17)24-16-9-12-25(14-16)19(27)15-6-3-2-4-7-15/h5,8,13,15-16H,2-4,6-7,9-12,14H2,1H3,(H,22,26)(H2,21,23,24). The van der Waals surface area contributed by atoms with Crippen molar-refractivity contribution in [2.24, 2.45) is 10.9 Å². The average molecular weight is 390 g/mol. The molecule has 154 valence electrons. The molecule has 8 nitrogen and oxygen atoms in total. The van der Waals surface area contributed by atoms with Crippen LogP contribution in [0.4, 0.5) is 0 Å². The molecule has 1 saturated carbocycles. The lowest BCUT2D eigenvalue weighted by atomic mass is 9.88. The molecule has 0 spiro atoms. The van der Waals surface area contributed by atoms with Gasteiger partial charge in [0, 0.05) is 45.2 Å². The van der Waals surface area contributed by atoms with Crippen LogP contribution in [0.3, 0.4) is 0 Å². The van der Waals surface area contributed by atoms with Gasteiger partial charge in [0.1, 0.15) is 0 Å². The maximum absolute atomic E-state index is 12.7. The summed E-state index contributed by atoms with van der Waals surface area (Å²) in [5, 5.41) is 9.36. The Kier molecular flexibility index (Phi) is 7.33. The molecule has 1 atom stereocenters. The van der Waals surface area contributed by atoms with E-state index in [9.17, 15) is 9.59 Å². The molecule has 3 rings (SSSR count). The van der Waals surface area contributed by atoms with E-state index >= 15 is 0 Å². The average Bonchev–Trinajstić information content (AvgIpc) is 3.42. The third-order valence-electron chi connectivity index (χ3n) is 5.47. The second-order valence-electron chi connectivity index (χ2n) is 7.48. The summed E-state index contributed by atoms with van der Waals surface area (Å²) in [6.07, 6.45) is 8.10. The van der Waals surface area contributed by atoms with Crippen LogP contribution >= 0.6 is 0 Å². The molecule has 2 aliphatic rings. The Labute approximate surface area is 166 Å². The summed E-state index contributed by atoms with van der Waals surface area (Å²) in [6.45, 7) is 2.54. The molecule has 8 heteroatoms. The first-order chi connectivity index (χ1) is 13.7. The van der Waals surface area contributed by atoms with E-state index in [0.29, 0.717) is 30.7 Å². The number of carbonyl (C=O) groups excluding carboxylic acids is 2. The highest BCUT2D eigenvalue weighted by Crippen LogP contribution is 2.26. The summed E-state index contributed by atoms with van der Waals surface area (Å²) in [5.74, 6) is 1.30. The van der Waals surface area contributed by atoms with Crippen LogP contribution in [-0.4, -0.2) is 61.9 Å². The zero-order valence-electron chi connectivity index (χ0n) is 16.6. The second kappa shape index (κ2) is 10.1. The van der Waals surface area contributed by atoms with Crippen molar-refractivity contribution in [2.45, 2.75) is 44.6 Å². The Morgan fingerprint density at radius 2 is 1.96 bits per heavy atom. The van der Waals surface area contributed by atoms with Gasteiger partial charge in [0.25, 0.3) is 5.91 Å². The predicted octanol–water partition coefficient (Wildman–Crippen LogP) is 1.36. The number of hydrogen-bond donors (Lipinski definition) is 3. The number of nitrogens with zero attached hydrogens (tertiary/aromatic N) is 2. The van der Waals surface area contributed by atoms with Crippen molar-refractivity contribution >= 4 is 17.8 Å². The van der Waals surface area contributed by atoms with Gasteiger partial charge in [-0.2, -0.15) is 0 Å². The van der Waals surface area contributed by atoms with Crippen molar-refractivity contribution in [1.82, 2.24) is 20.9 Å². The number of likely N-dealkylation sites (tertiary alicyclic amines) is 1. The lowest BCUT2D eigenvalue weighted by Crippen LogP contribution is -2.47. The molecule has 0 radical (unpaired) electrons. The number of furan rings is 1. The first-order valence-electron chi connectivity index (χ1n) is 10.2. The van der Waals surface area contributed by atoms with E-state index in [4.69, 9.17) is 4.42 Å². The maximum Gasteiger partial charge on any atom is 0.287 e. The van der Waals surface area contributed by atoms with Crippen LogP contribution in [0.25, 0.3) is 0 Å². The second-order valence-corrected chi connectivity index (χ2v) is 7.48. The Balaban J connectivity index is 1.35. The van der Waals surface area contributed by atoms with Gasteiger partial charge in [-0.3, -0.25) is 14.6 Å². The molecule has 2 amide bonds. The van der Waals surface area contributed by atoms with Crippen LogP contribution < -0.4 is 16.0 Å². The van der Waals surface area contributed by atoms with Gasteiger partial charge in [0.2, 0.25) is 5.91 Å². The first-order valence-corrected chi connectivity index (χ1v) is 10.2. The van der Waals surface area contributed by atoms with Gasteiger partial charge in [0.05, 0.1) is 6.26 Å². The molecule has 2 fully saturated rings. The third-order valence-corrected chi connectivity index (χ3v) is 5.47. The molecular weight excluding hydrogens is 358 g/mol. The highest BCUT2D eigenvalue weighted by atomic mass is 16.3. The lowest BCUT2D eigenvalue weighted by Gasteiger charge is -2.26. The normalized spacial score (nSPS) is 20.8. The maximum atomic E-state index is 12.7. The Hall–Kier alpha value is -2.51. The minimum atomic E-state index is -0.234. The van der Waals surface area contributed by atoms with Gasteiger partial charge in [-0.25, -0.2) is 0 Å². The van der Waals surface area contributed by atoms with E-state index in [1.54, 1.807) is 19.2 Å². The molecule has 1 saturated heterocycles. The minimum absolute atomic E-state index is 0.205. The van der Waals surface area contributed by atoms with E-state index in [0.717, 1.165) is 32.4 Å². The van der Waals surface area contributed by atoms with Gasteiger partial charge in [-0.05, 0) is 31.4 Å². The van der Waals surface area contributed by atoms with E-state index in [2.05, 4.69) is 20.9 Å². The molecular formula is C20H31N5O3. The fourth-order valence-corrected chi connectivity index (χ4v) is 3.93. The summed E-state index contributed by atoms with van der Waals surface area (Å²) in [4.78, 5) is 30.7. The molecule has 0 aromatic carbocycles. The van der Waals surface area contributed by atoms with E-state index < -0.39 is 0 Å². The molecule has 2 heterocycles. The van der Waals surface area contributed by atoms with Crippen LogP contribution in [0.15, 0.2) is 27.8 Å². The number of amides is 2. The number of guanidine groups is 1. The Bertz CT molecular complexity index is 667. The largest absolute Gasteiger partial charge is 0.459 e. The van der Waals surface area contributed by atoms with E-state index in [-0.39, 0.29) is 17.9 Å². The van der Waals surface area contributed by atoms with Crippen LogP contribution in [-0.2, 0) is 4.79 Å². The summed E-state index contributed by atoms with van der Waals surface area (Å²) in [5.41, 5.74) is 0. The highest BCUT2D eigenvalue weighted by molar-refractivity contribution is 5.91. The van der Waals surface area contributed by atoms with Gasteiger partial charge in [0.15, 0.2) is 11.7 Å². The van der Waals surface area contributed by atoms with Gasteiger partial charge in [-0.15, -0.1) is 0 Å². The molecule has 28 heavy (non-hydrogen) atoms. The topological polar surface area (TPSA) is 99.0 Å². The zero-order chi connectivity index (χ0) is 19.8. The van der Waals surface area contributed by atoms with Crippen molar-refractivity contribution in [3.63, 3.8) is 0 Å². The number of carbonyl (C=O) groups is 2. The van der Waals surface area contributed by atoms with Crippen molar-refractivity contribution in [1.29, 1.82) is 0 Å². The summed E-state index contributed by atoms with van der Waals surface area (Å²) in [6, 6.07) is 3.52. The fraction of sp³-hybridized carbons (Fsp3) is 0.650. The molecule has 1 aromatic heterocycles. The van der Waals surface area contributed by atoms with Crippen molar-refractivity contribution in [3.8, 4) is 0 Å². The van der Waals surface area contributed by atoms with Gasteiger partial charge >= 0.3 is 0 Å². The van der Waals surface area contributed by atoms with Crippen LogP contribution in [0.1, 0.15) is 49.1 Å². The summed E-state index contributed by atoms with van der Waals surface area (Å²) < 4.78 is 5.06. The van der Waals surface area contributed by atoms with E-state index in [1.165, 1.54) is 25.5 Å². The van der Waals surface area contributed by atoms with Crippen molar-refractivity contribution in [3.05, 3.63) is 24.2 Å². The van der Waals surface area contributed by atoms with Gasteiger partial charge < -0.3 is 25.3 Å². The summed E-state index contributed by atoms with van der Waals surface area (Å²) in [7, 11) is 1.72. The molecule has 3 N–H and O–H groups in total. The number of aliphatic imine (C=N–C) groups is 1. The molecule has 1 aliphatic carbocycles. The minimum Gasteiger partial charge on any atom is -0.459 e. The summed E-state index contributed by atoms with van der Waals surface area (Å²) >= 11 is 0. The number of nitrogens with one attached hydrogen (secondary N) is 3. The van der Waals surface area contributed by atoms with Crippen LogP contribution in [0.5, 0.6) is 0 Å². The molecule has 1 aliphatic heterocycles. The van der Waals surface area contributed by atoms with Crippen molar-refractivity contribution < 1.29 is 14.0 Å². The monoisotopic (exact) mass is 389 g/mol. The third kappa shape index (κ3) is 5.50. The number of hydrogen-bond acceptors (Lipinski definition) is 4. The van der Waals surface area contributed by atoms with Gasteiger partial charge in [-0.1, -0.05) is 19.3 Å². The fourth-order valence-electron chi connectivity index (χ4n) is 3.93. The smallest absolute Gasteiger partial charge is 0.287 e. The Morgan fingerprint density at radius 1 is 1.18 bits per heavy atom. The molecule has 1 aromatic rings.